The third-order valence-electron chi connectivity index (χ3n) is 1.54. The van der Waals surface area contributed by atoms with Crippen molar-refractivity contribution in [3.8, 4) is 0 Å². The average Bonchev–Trinajstić information content (AvgIpc) is 2.31. The lowest BCUT2D eigenvalue weighted by atomic mass is 10.1. The van der Waals surface area contributed by atoms with Gasteiger partial charge < -0.3 is 4.52 Å². The smallest absolute Gasteiger partial charge is 0.280 e. The molecule has 0 unspecified atom stereocenters. The van der Waals surface area contributed by atoms with Gasteiger partial charge in [-0.15, -0.1) is 0 Å². The first-order chi connectivity index (χ1) is 5.18. The highest BCUT2D eigenvalue weighted by atomic mass is 16.5. The van der Waals surface area contributed by atoms with Crippen molar-refractivity contribution in [1.29, 1.82) is 0 Å². The molecule has 0 saturated heterocycles. The van der Waals surface area contributed by atoms with Gasteiger partial charge in [-0.3, -0.25) is 4.79 Å². The molecule has 1 heterocycles. The minimum atomic E-state index is -0.149. The molecule has 3 heteroatoms. The summed E-state index contributed by atoms with van der Waals surface area (Å²) >= 11 is 0. The third kappa shape index (κ3) is 2.62. The molecule has 0 saturated carbocycles. The first-order valence-electron chi connectivity index (χ1n) is 3.86. The van der Waals surface area contributed by atoms with E-state index in [4.69, 9.17) is 4.52 Å². The SMILES string of the molecule is CC(C)CCc1cc(=O)[nH]o1. The third-order valence-corrected chi connectivity index (χ3v) is 1.54. The van der Waals surface area contributed by atoms with Gasteiger partial charge in [-0.1, -0.05) is 13.8 Å². The van der Waals surface area contributed by atoms with Crippen molar-refractivity contribution in [2.75, 3.05) is 0 Å². The molecule has 3 nitrogen and oxygen atoms in total. The highest BCUT2D eigenvalue weighted by Crippen LogP contribution is 2.05. The highest BCUT2D eigenvalue weighted by Gasteiger charge is 2.00. The van der Waals surface area contributed by atoms with Crippen LogP contribution in [0.1, 0.15) is 26.0 Å². The molecule has 0 aliphatic rings. The quantitative estimate of drug-likeness (QED) is 0.719. The molecule has 0 aliphatic heterocycles. The Labute approximate surface area is 65.4 Å². The Morgan fingerprint density at radius 1 is 1.64 bits per heavy atom. The molecule has 1 aromatic rings. The fourth-order valence-corrected chi connectivity index (χ4v) is 0.875. The molecule has 62 valence electrons. The van der Waals surface area contributed by atoms with Crippen LogP contribution in [0.15, 0.2) is 15.4 Å². The fraction of sp³-hybridized carbons (Fsp3) is 0.625. The van der Waals surface area contributed by atoms with Gasteiger partial charge in [0.1, 0.15) is 5.76 Å². The van der Waals surface area contributed by atoms with Gasteiger partial charge in [-0.25, -0.2) is 0 Å². The number of hydrogen-bond donors (Lipinski definition) is 1. The van der Waals surface area contributed by atoms with Crippen molar-refractivity contribution in [3.05, 3.63) is 22.2 Å². The normalized spacial score (nSPS) is 10.8. The van der Waals surface area contributed by atoms with Crippen LogP contribution in [-0.4, -0.2) is 5.16 Å². The van der Waals surface area contributed by atoms with Gasteiger partial charge in [0.15, 0.2) is 0 Å². The number of hydrogen-bond acceptors (Lipinski definition) is 2. The van der Waals surface area contributed by atoms with Crippen LogP contribution in [0.25, 0.3) is 0 Å². The number of aromatic nitrogens is 1. The van der Waals surface area contributed by atoms with Crippen molar-refractivity contribution in [2.45, 2.75) is 26.7 Å². The highest BCUT2D eigenvalue weighted by molar-refractivity contribution is 4.93. The molecule has 0 fully saturated rings. The van der Waals surface area contributed by atoms with Crippen LogP contribution >= 0.6 is 0 Å². The van der Waals surface area contributed by atoms with Gasteiger partial charge in [-0.2, -0.15) is 5.16 Å². The van der Waals surface area contributed by atoms with Crippen LogP contribution in [0.2, 0.25) is 0 Å². The number of aryl methyl sites for hydroxylation is 1. The Bertz CT molecular complexity index is 259. The van der Waals surface area contributed by atoms with Crippen LogP contribution in [-0.2, 0) is 6.42 Å². The van der Waals surface area contributed by atoms with Crippen LogP contribution < -0.4 is 5.56 Å². The second-order valence-corrected chi connectivity index (χ2v) is 3.11. The monoisotopic (exact) mass is 155 g/mol. The Balaban J connectivity index is 2.45. The van der Waals surface area contributed by atoms with Gasteiger partial charge in [0.25, 0.3) is 5.56 Å². The van der Waals surface area contributed by atoms with E-state index in [1.54, 1.807) is 0 Å². The van der Waals surface area contributed by atoms with Crippen LogP contribution in [0.4, 0.5) is 0 Å². The Morgan fingerprint density at radius 2 is 2.36 bits per heavy atom. The molecule has 0 aliphatic carbocycles. The second kappa shape index (κ2) is 3.42. The van der Waals surface area contributed by atoms with Crippen molar-refractivity contribution in [3.63, 3.8) is 0 Å². The summed E-state index contributed by atoms with van der Waals surface area (Å²) in [5.41, 5.74) is -0.149. The maximum Gasteiger partial charge on any atom is 0.280 e. The van der Waals surface area contributed by atoms with E-state index in [0.29, 0.717) is 5.92 Å². The van der Waals surface area contributed by atoms with Gasteiger partial charge in [0.05, 0.1) is 0 Å². The Hall–Kier alpha value is -0.990. The molecular weight excluding hydrogens is 142 g/mol. The minimum Gasteiger partial charge on any atom is -0.384 e. The molecule has 1 aromatic heterocycles. The molecule has 0 amide bonds. The zero-order valence-electron chi connectivity index (χ0n) is 6.89. The molecule has 0 aromatic carbocycles. The lowest BCUT2D eigenvalue weighted by Gasteiger charge is -1.99. The first kappa shape index (κ1) is 8.11. The first-order valence-corrected chi connectivity index (χ1v) is 3.86. The molecule has 0 bridgehead atoms. The molecule has 1 N–H and O–H groups in total. The maximum absolute atomic E-state index is 10.6. The van der Waals surface area contributed by atoms with Gasteiger partial charge in [0, 0.05) is 12.5 Å². The summed E-state index contributed by atoms with van der Waals surface area (Å²) < 4.78 is 4.88. The summed E-state index contributed by atoms with van der Waals surface area (Å²) in [7, 11) is 0. The second-order valence-electron chi connectivity index (χ2n) is 3.11. The summed E-state index contributed by atoms with van der Waals surface area (Å²) in [6.07, 6.45) is 1.90. The Morgan fingerprint density at radius 3 is 2.82 bits per heavy atom. The molecule has 0 atom stereocenters. The van der Waals surface area contributed by atoms with Crippen molar-refractivity contribution in [1.82, 2.24) is 5.16 Å². The molecule has 0 spiro atoms. The zero-order chi connectivity index (χ0) is 8.27. The van der Waals surface area contributed by atoms with E-state index in [0.717, 1.165) is 18.6 Å². The lowest BCUT2D eigenvalue weighted by Crippen LogP contribution is -1.94. The number of nitrogens with one attached hydrogen (secondary N) is 1. The van der Waals surface area contributed by atoms with E-state index in [1.165, 1.54) is 6.07 Å². The minimum absolute atomic E-state index is 0.149. The van der Waals surface area contributed by atoms with Crippen LogP contribution in [0, 0.1) is 5.92 Å². The lowest BCUT2D eigenvalue weighted by molar-refractivity contribution is 0.369. The van der Waals surface area contributed by atoms with Crippen molar-refractivity contribution >= 4 is 0 Å². The maximum atomic E-state index is 10.6. The van der Waals surface area contributed by atoms with E-state index < -0.39 is 0 Å². The van der Waals surface area contributed by atoms with Crippen molar-refractivity contribution < 1.29 is 4.52 Å². The summed E-state index contributed by atoms with van der Waals surface area (Å²) in [6.45, 7) is 4.29. The number of aromatic amines is 1. The molecule has 1 rings (SSSR count). The fourth-order valence-electron chi connectivity index (χ4n) is 0.875. The number of rotatable bonds is 3. The predicted molar refractivity (Wildman–Crippen MR) is 42.5 cm³/mol. The molecule has 0 radical (unpaired) electrons. The van der Waals surface area contributed by atoms with E-state index >= 15 is 0 Å². The zero-order valence-corrected chi connectivity index (χ0v) is 6.89. The molecule has 11 heavy (non-hydrogen) atoms. The summed E-state index contributed by atoms with van der Waals surface area (Å²) in [5, 5.41) is 2.26. The average molecular weight is 155 g/mol. The van der Waals surface area contributed by atoms with Crippen LogP contribution in [0.3, 0.4) is 0 Å². The number of H-pyrrole nitrogens is 1. The van der Waals surface area contributed by atoms with E-state index in [2.05, 4.69) is 19.0 Å². The van der Waals surface area contributed by atoms with Gasteiger partial charge in [-0.05, 0) is 12.3 Å². The van der Waals surface area contributed by atoms with Crippen LogP contribution in [0.5, 0.6) is 0 Å². The summed E-state index contributed by atoms with van der Waals surface area (Å²) in [5.74, 6) is 1.40. The topological polar surface area (TPSA) is 46.0 Å². The largest absolute Gasteiger partial charge is 0.384 e. The summed E-state index contributed by atoms with van der Waals surface area (Å²) in [6, 6.07) is 1.50. The van der Waals surface area contributed by atoms with E-state index in [1.807, 2.05) is 0 Å². The predicted octanol–water partition coefficient (Wildman–Crippen LogP) is 1.56. The van der Waals surface area contributed by atoms with E-state index in [-0.39, 0.29) is 5.56 Å². The molecular formula is C8H13NO2. The van der Waals surface area contributed by atoms with E-state index in [9.17, 15) is 4.79 Å². The standard InChI is InChI=1S/C8H13NO2/c1-6(2)3-4-7-5-8(10)9-11-7/h5-6H,3-4H2,1-2H3,(H,9,10). The van der Waals surface area contributed by atoms with Gasteiger partial charge >= 0.3 is 0 Å². The van der Waals surface area contributed by atoms with Crippen molar-refractivity contribution in [2.24, 2.45) is 5.92 Å². The summed E-state index contributed by atoms with van der Waals surface area (Å²) in [4.78, 5) is 10.6. The van der Waals surface area contributed by atoms with Gasteiger partial charge in [0.2, 0.25) is 0 Å². The Kier molecular flexibility index (Phi) is 2.52.